The molecule has 98 valence electrons. The molecule has 19 heavy (non-hydrogen) atoms. The molecule has 0 aliphatic rings. The molecule has 3 aromatic rings. The summed E-state index contributed by atoms with van der Waals surface area (Å²) < 4.78 is 28.2. The van der Waals surface area contributed by atoms with Crippen molar-refractivity contribution < 1.29 is 8.42 Å². The molecule has 1 aromatic carbocycles. The Balaban J connectivity index is 2.01. The lowest BCUT2D eigenvalue weighted by Crippen LogP contribution is -2.13. The molecular weight excluding hydrogens is 266 g/mol. The summed E-state index contributed by atoms with van der Waals surface area (Å²) in [5.41, 5.74) is 0.765. The van der Waals surface area contributed by atoms with Crippen LogP contribution < -0.4 is 4.72 Å². The van der Waals surface area contributed by atoms with Gasteiger partial charge in [-0.25, -0.2) is 4.98 Å². The normalized spacial score (nSPS) is 11.8. The zero-order valence-corrected chi connectivity index (χ0v) is 10.8. The van der Waals surface area contributed by atoms with Crippen molar-refractivity contribution in [3.05, 3.63) is 36.8 Å². The standard InChI is InChI=1S/C11H11N5O2S/c1-16-6-10(12-7-16)19(17,18)15-11-8-4-2-3-5-9(8)13-14-11/h2-7H,1H3,(H2,13,14,15). The maximum absolute atomic E-state index is 12.1. The van der Waals surface area contributed by atoms with E-state index in [9.17, 15) is 8.42 Å². The molecule has 0 spiro atoms. The minimum Gasteiger partial charge on any atom is -0.339 e. The first-order chi connectivity index (χ1) is 9.06. The average molecular weight is 277 g/mol. The summed E-state index contributed by atoms with van der Waals surface area (Å²) in [6, 6.07) is 7.27. The van der Waals surface area contributed by atoms with Gasteiger partial charge in [0.25, 0.3) is 10.0 Å². The zero-order chi connectivity index (χ0) is 13.5. The minimum atomic E-state index is -3.72. The summed E-state index contributed by atoms with van der Waals surface area (Å²) in [6.07, 6.45) is 2.86. The van der Waals surface area contributed by atoms with Crippen molar-refractivity contribution in [3.8, 4) is 0 Å². The van der Waals surface area contributed by atoms with Gasteiger partial charge in [0.05, 0.1) is 11.8 Å². The highest BCUT2D eigenvalue weighted by Crippen LogP contribution is 2.22. The molecule has 0 aliphatic carbocycles. The van der Waals surface area contributed by atoms with Gasteiger partial charge in [-0.15, -0.1) is 0 Å². The van der Waals surface area contributed by atoms with E-state index in [1.54, 1.807) is 17.7 Å². The van der Waals surface area contributed by atoms with Crippen molar-refractivity contribution >= 4 is 26.7 Å². The molecule has 0 aliphatic heterocycles. The van der Waals surface area contributed by atoms with Crippen molar-refractivity contribution in [2.75, 3.05) is 4.72 Å². The second kappa shape index (κ2) is 4.09. The van der Waals surface area contributed by atoms with Gasteiger partial charge in [0.1, 0.15) is 0 Å². The van der Waals surface area contributed by atoms with Crippen LogP contribution in [0.25, 0.3) is 10.9 Å². The number of rotatable bonds is 3. The van der Waals surface area contributed by atoms with Crippen LogP contribution >= 0.6 is 0 Å². The number of nitrogens with one attached hydrogen (secondary N) is 2. The summed E-state index contributed by atoms with van der Waals surface area (Å²) in [5, 5.41) is 7.40. The van der Waals surface area contributed by atoms with Crippen LogP contribution in [0, 0.1) is 0 Å². The van der Waals surface area contributed by atoms with E-state index >= 15 is 0 Å². The first kappa shape index (κ1) is 11.7. The minimum absolute atomic E-state index is 0.0397. The number of anilines is 1. The summed E-state index contributed by atoms with van der Waals surface area (Å²) in [7, 11) is -2.01. The highest BCUT2D eigenvalue weighted by molar-refractivity contribution is 7.92. The van der Waals surface area contributed by atoms with Gasteiger partial charge >= 0.3 is 0 Å². The van der Waals surface area contributed by atoms with E-state index in [1.807, 2.05) is 18.2 Å². The van der Waals surface area contributed by atoms with Gasteiger partial charge in [-0.1, -0.05) is 12.1 Å². The second-order valence-corrected chi connectivity index (χ2v) is 5.73. The average Bonchev–Trinajstić information content (AvgIpc) is 2.97. The predicted octanol–water partition coefficient (Wildman–Crippen LogP) is 1.10. The van der Waals surface area contributed by atoms with Crippen LogP contribution in [0.4, 0.5) is 5.82 Å². The van der Waals surface area contributed by atoms with Crippen LogP contribution in [0.15, 0.2) is 41.8 Å². The molecule has 0 radical (unpaired) electrons. The summed E-state index contributed by atoms with van der Waals surface area (Å²) >= 11 is 0. The summed E-state index contributed by atoms with van der Waals surface area (Å²) in [5.74, 6) is 0.265. The van der Waals surface area contributed by atoms with Crippen LogP contribution in [-0.4, -0.2) is 28.2 Å². The third-order valence-corrected chi connectivity index (χ3v) is 3.88. The number of para-hydroxylation sites is 1. The van der Waals surface area contributed by atoms with Gasteiger partial charge in [-0.3, -0.25) is 9.82 Å². The van der Waals surface area contributed by atoms with Crippen LogP contribution in [0.3, 0.4) is 0 Å². The highest BCUT2D eigenvalue weighted by atomic mass is 32.2. The van der Waals surface area contributed by atoms with E-state index in [0.717, 1.165) is 5.52 Å². The summed E-state index contributed by atoms with van der Waals surface area (Å²) in [6.45, 7) is 0. The predicted molar refractivity (Wildman–Crippen MR) is 70.1 cm³/mol. The molecule has 0 bridgehead atoms. The van der Waals surface area contributed by atoms with E-state index < -0.39 is 10.0 Å². The molecule has 2 N–H and O–H groups in total. The van der Waals surface area contributed by atoms with Crippen LogP contribution in [0.5, 0.6) is 0 Å². The molecule has 0 atom stereocenters. The van der Waals surface area contributed by atoms with Crippen molar-refractivity contribution in [3.63, 3.8) is 0 Å². The molecule has 0 unspecified atom stereocenters. The number of aromatic nitrogens is 4. The van der Waals surface area contributed by atoms with Crippen molar-refractivity contribution in [1.82, 2.24) is 19.7 Å². The SMILES string of the molecule is Cn1cnc(S(=O)(=O)Nc2n[nH]c3ccccc23)c1. The number of hydrogen-bond donors (Lipinski definition) is 2. The number of benzene rings is 1. The first-order valence-electron chi connectivity index (χ1n) is 5.50. The monoisotopic (exact) mass is 277 g/mol. The van der Waals surface area contributed by atoms with E-state index in [1.165, 1.54) is 12.5 Å². The molecule has 0 saturated heterocycles. The summed E-state index contributed by atoms with van der Waals surface area (Å²) in [4.78, 5) is 3.82. The van der Waals surface area contributed by atoms with Gasteiger partial charge in [-0.2, -0.15) is 13.5 Å². The molecule has 3 rings (SSSR count). The largest absolute Gasteiger partial charge is 0.339 e. The Morgan fingerprint density at radius 2 is 2.11 bits per heavy atom. The lowest BCUT2D eigenvalue weighted by atomic mass is 10.2. The number of H-pyrrole nitrogens is 1. The van der Waals surface area contributed by atoms with Crippen LogP contribution in [0.2, 0.25) is 0 Å². The Labute approximate surface area is 109 Å². The Morgan fingerprint density at radius 1 is 1.32 bits per heavy atom. The quantitative estimate of drug-likeness (QED) is 0.749. The van der Waals surface area contributed by atoms with Gasteiger partial charge in [-0.05, 0) is 12.1 Å². The maximum atomic E-state index is 12.1. The third kappa shape index (κ3) is 2.06. The van der Waals surface area contributed by atoms with Gasteiger partial charge in [0.2, 0.25) is 0 Å². The first-order valence-corrected chi connectivity index (χ1v) is 6.98. The Bertz CT molecular complexity index is 834. The molecule has 0 saturated carbocycles. The van der Waals surface area contributed by atoms with Gasteiger partial charge in [0.15, 0.2) is 10.8 Å². The fourth-order valence-electron chi connectivity index (χ4n) is 1.75. The Hall–Kier alpha value is -2.35. The second-order valence-electron chi connectivity index (χ2n) is 4.10. The van der Waals surface area contributed by atoms with Crippen molar-refractivity contribution in [2.45, 2.75) is 5.03 Å². The number of aryl methyl sites for hydroxylation is 1. The molecular formula is C11H11N5O2S. The van der Waals surface area contributed by atoms with E-state index in [2.05, 4.69) is 19.9 Å². The fraction of sp³-hybridized carbons (Fsp3) is 0.0909. The lowest BCUT2D eigenvalue weighted by molar-refractivity contribution is 0.598. The lowest BCUT2D eigenvalue weighted by Gasteiger charge is -2.02. The molecule has 0 amide bonds. The molecule has 2 aromatic heterocycles. The number of aromatic amines is 1. The topological polar surface area (TPSA) is 92.7 Å². The Kier molecular flexibility index (Phi) is 2.53. The number of sulfonamides is 1. The van der Waals surface area contributed by atoms with Gasteiger partial charge < -0.3 is 4.57 Å². The maximum Gasteiger partial charge on any atom is 0.282 e. The molecule has 2 heterocycles. The zero-order valence-electron chi connectivity index (χ0n) is 10.0. The van der Waals surface area contributed by atoms with E-state index in [4.69, 9.17) is 0 Å². The van der Waals surface area contributed by atoms with Crippen LogP contribution in [0.1, 0.15) is 0 Å². The smallest absolute Gasteiger partial charge is 0.282 e. The Morgan fingerprint density at radius 3 is 2.84 bits per heavy atom. The number of hydrogen-bond acceptors (Lipinski definition) is 4. The molecule has 0 fully saturated rings. The highest BCUT2D eigenvalue weighted by Gasteiger charge is 2.19. The van der Waals surface area contributed by atoms with Crippen LogP contribution in [-0.2, 0) is 17.1 Å². The number of imidazole rings is 1. The number of fused-ring (bicyclic) bond motifs is 1. The molecule has 8 heteroatoms. The molecule has 7 nitrogen and oxygen atoms in total. The fourth-order valence-corrected chi connectivity index (χ4v) is 2.75. The number of nitrogens with zero attached hydrogens (tertiary/aromatic N) is 3. The van der Waals surface area contributed by atoms with Gasteiger partial charge in [0, 0.05) is 18.6 Å². The van der Waals surface area contributed by atoms with E-state index in [-0.39, 0.29) is 10.8 Å². The van der Waals surface area contributed by atoms with E-state index in [0.29, 0.717) is 5.39 Å². The third-order valence-electron chi connectivity index (χ3n) is 2.66. The van der Waals surface area contributed by atoms with Crippen molar-refractivity contribution in [1.29, 1.82) is 0 Å². The van der Waals surface area contributed by atoms with Crippen molar-refractivity contribution in [2.24, 2.45) is 7.05 Å².